The molecule has 2 aromatic rings. The molecule has 0 saturated carbocycles. The lowest BCUT2D eigenvalue weighted by Gasteiger charge is -2.16. The Hall–Kier alpha value is -2.49. The number of phenolic OH excluding ortho intramolecular Hbond substituents is 1. The average Bonchev–Trinajstić information content (AvgIpc) is 2.82. The van der Waals surface area contributed by atoms with E-state index in [0.717, 1.165) is 17.7 Å². The van der Waals surface area contributed by atoms with Crippen LogP contribution in [0.3, 0.4) is 0 Å². The summed E-state index contributed by atoms with van der Waals surface area (Å²) in [6.07, 6.45) is 0.337. The number of carbonyl (C=O) groups excluding carboxylic acids is 1. The first kappa shape index (κ1) is 11.6. The lowest BCUT2D eigenvalue weighted by Crippen LogP contribution is -2.31. The highest BCUT2D eigenvalue weighted by Gasteiger charge is 2.26. The molecule has 0 aliphatic carbocycles. The molecule has 0 radical (unpaired) electrons. The highest BCUT2D eigenvalue weighted by atomic mass is 16.6. The van der Waals surface area contributed by atoms with E-state index in [4.69, 9.17) is 4.74 Å². The van der Waals surface area contributed by atoms with Crippen LogP contribution in [0.1, 0.15) is 5.56 Å². The molecule has 1 heterocycles. The Morgan fingerprint density at radius 3 is 2.74 bits per heavy atom. The van der Waals surface area contributed by atoms with Gasteiger partial charge in [-0.3, -0.25) is 4.90 Å². The van der Waals surface area contributed by atoms with Crippen LogP contribution >= 0.6 is 0 Å². The summed E-state index contributed by atoms with van der Waals surface area (Å²) in [5, 5.41) is 9.42. The lowest BCUT2D eigenvalue weighted by molar-refractivity contribution is 0.208. The maximum Gasteiger partial charge on any atom is 0.419 e. The van der Waals surface area contributed by atoms with Gasteiger partial charge in [0.2, 0.25) is 0 Å². The number of amides is 1. The molecule has 1 N–H and O–H groups in total. The highest BCUT2D eigenvalue weighted by Crippen LogP contribution is 2.31. The van der Waals surface area contributed by atoms with Crippen LogP contribution < -0.4 is 9.64 Å². The second kappa shape index (κ2) is 4.65. The van der Waals surface area contributed by atoms with E-state index in [1.54, 1.807) is 35.2 Å². The minimum absolute atomic E-state index is 0.219. The number of carbonyl (C=O) groups is 1. The number of hydrogen-bond acceptors (Lipinski definition) is 3. The molecule has 4 heteroatoms. The van der Waals surface area contributed by atoms with Gasteiger partial charge in [-0.05, 0) is 42.3 Å². The molecule has 2 aromatic carbocycles. The first-order chi connectivity index (χ1) is 9.24. The zero-order valence-corrected chi connectivity index (χ0v) is 10.2. The van der Waals surface area contributed by atoms with Gasteiger partial charge in [0.05, 0.1) is 5.69 Å². The van der Waals surface area contributed by atoms with Gasteiger partial charge in [0.25, 0.3) is 0 Å². The largest absolute Gasteiger partial charge is 0.508 e. The molecule has 1 amide bonds. The fourth-order valence-electron chi connectivity index (χ4n) is 2.22. The second-order valence-corrected chi connectivity index (χ2v) is 4.40. The Morgan fingerprint density at radius 2 is 1.95 bits per heavy atom. The number of phenols is 1. The predicted molar refractivity (Wildman–Crippen MR) is 71.6 cm³/mol. The standard InChI is InChI=1S/C15H13NO3/c17-12-6-7-14-11(10-12)8-9-16(14)15(18)19-13-4-2-1-3-5-13/h1-7,10,17H,8-9H2. The number of benzene rings is 2. The van der Waals surface area contributed by atoms with Crippen molar-refractivity contribution in [1.29, 1.82) is 0 Å². The summed E-state index contributed by atoms with van der Waals surface area (Å²) < 4.78 is 5.31. The number of aromatic hydroxyl groups is 1. The smallest absolute Gasteiger partial charge is 0.419 e. The van der Waals surface area contributed by atoms with E-state index < -0.39 is 6.09 Å². The van der Waals surface area contributed by atoms with E-state index in [1.165, 1.54) is 0 Å². The molecule has 0 spiro atoms. The third-order valence-corrected chi connectivity index (χ3v) is 3.13. The maximum atomic E-state index is 12.1. The third-order valence-electron chi connectivity index (χ3n) is 3.13. The maximum absolute atomic E-state index is 12.1. The third kappa shape index (κ3) is 2.25. The van der Waals surface area contributed by atoms with Crippen LogP contribution in [-0.2, 0) is 6.42 Å². The Kier molecular flexibility index (Phi) is 2.83. The van der Waals surface area contributed by atoms with Crippen LogP contribution in [0, 0.1) is 0 Å². The van der Waals surface area contributed by atoms with E-state index in [1.807, 2.05) is 18.2 Å². The van der Waals surface area contributed by atoms with Gasteiger partial charge in [0.1, 0.15) is 11.5 Å². The molecule has 1 aliphatic rings. The van der Waals surface area contributed by atoms with Crippen LogP contribution in [-0.4, -0.2) is 17.7 Å². The zero-order valence-electron chi connectivity index (χ0n) is 10.2. The minimum Gasteiger partial charge on any atom is -0.508 e. The molecular formula is C15H13NO3. The number of anilines is 1. The van der Waals surface area contributed by atoms with Crippen molar-refractivity contribution >= 4 is 11.8 Å². The first-order valence-corrected chi connectivity index (χ1v) is 6.10. The zero-order chi connectivity index (χ0) is 13.2. The van der Waals surface area contributed by atoms with E-state index in [9.17, 15) is 9.90 Å². The number of ether oxygens (including phenoxy) is 1. The van der Waals surface area contributed by atoms with Gasteiger partial charge in [-0.2, -0.15) is 0 Å². The minimum atomic E-state index is -0.393. The predicted octanol–water partition coefficient (Wildman–Crippen LogP) is 2.95. The van der Waals surface area contributed by atoms with Crippen molar-refractivity contribution in [3.05, 3.63) is 54.1 Å². The molecule has 19 heavy (non-hydrogen) atoms. The summed E-state index contributed by atoms with van der Waals surface area (Å²) in [4.78, 5) is 13.7. The molecule has 3 rings (SSSR count). The monoisotopic (exact) mass is 255 g/mol. The number of fused-ring (bicyclic) bond motifs is 1. The number of hydrogen-bond donors (Lipinski definition) is 1. The fourth-order valence-corrected chi connectivity index (χ4v) is 2.22. The summed E-state index contributed by atoms with van der Waals surface area (Å²) in [6.45, 7) is 0.574. The quantitative estimate of drug-likeness (QED) is 0.852. The van der Waals surface area contributed by atoms with Crippen molar-refractivity contribution < 1.29 is 14.6 Å². The summed E-state index contributed by atoms with van der Waals surface area (Å²) >= 11 is 0. The molecule has 0 atom stereocenters. The van der Waals surface area contributed by atoms with Crippen molar-refractivity contribution in [2.45, 2.75) is 6.42 Å². The summed E-state index contributed by atoms with van der Waals surface area (Å²) in [6, 6.07) is 14.0. The van der Waals surface area contributed by atoms with Crippen molar-refractivity contribution in [1.82, 2.24) is 0 Å². The molecule has 0 saturated heterocycles. The molecule has 0 bridgehead atoms. The van der Waals surface area contributed by atoms with E-state index in [0.29, 0.717) is 12.3 Å². The van der Waals surface area contributed by atoms with Crippen LogP contribution in [0.4, 0.5) is 10.5 Å². The number of rotatable bonds is 1. The Balaban J connectivity index is 1.80. The Labute approximate surface area is 110 Å². The van der Waals surface area contributed by atoms with Gasteiger partial charge >= 0.3 is 6.09 Å². The van der Waals surface area contributed by atoms with Gasteiger partial charge < -0.3 is 9.84 Å². The van der Waals surface area contributed by atoms with Crippen molar-refractivity contribution in [3.8, 4) is 11.5 Å². The van der Waals surface area contributed by atoms with Gasteiger partial charge in [-0.15, -0.1) is 0 Å². The molecular weight excluding hydrogens is 242 g/mol. The molecule has 4 nitrogen and oxygen atoms in total. The molecule has 1 aliphatic heterocycles. The number of para-hydroxylation sites is 1. The Morgan fingerprint density at radius 1 is 1.16 bits per heavy atom. The number of nitrogens with zero attached hydrogens (tertiary/aromatic N) is 1. The summed E-state index contributed by atoms with van der Waals surface area (Å²) in [5.41, 5.74) is 1.77. The van der Waals surface area contributed by atoms with Gasteiger partial charge in [-0.25, -0.2) is 4.79 Å². The van der Waals surface area contributed by atoms with E-state index in [2.05, 4.69) is 0 Å². The summed E-state index contributed by atoms with van der Waals surface area (Å²) in [7, 11) is 0. The van der Waals surface area contributed by atoms with Crippen LogP contribution in [0.25, 0.3) is 0 Å². The molecule has 0 aromatic heterocycles. The molecule has 96 valence electrons. The van der Waals surface area contributed by atoms with E-state index >= 15 is 0 Å². The normalized spacial score (nSPS) is 13.2. The van der Waals surface area contributed by atoms with Crippen LogP contribution in [0.5, 0.6) is 11.5 Å². The molecule has 0 unspecified atom stereocenters. The highest BCUT2D eigenvalue weighted by molar-refractivity contribution is 5.91. The van der Waals surface area contributed by atoms with Crippen LogP contribution in [0.15, 0.2) is 48.5 Å². The van der Waals surface area contributed by atoms with Gasteiger partial charge in [0.15, 0.2) is 0 Å². The van der Waals surface area contributed by atoms with Crippen LogP contribution in [0.2, 0.25) is 0 Å². The van der Waals surface area contributed by atoms with E-state index in [-0.39, 0.29) is 5.75 Å². The first-order valence-electron chi connectivity index (χ1n) is 6.10. The average molecular weight is 255 g/mol. The second-order valence-electron chi connectivity index (χ2n) is 4.40. The summed E-state index contributed by atoms with van der Waals surface area (Å²) in [5.74, 6) is 0.747. The Bertz CT molecular complexity index is 610. The van der Waals surface area contributed by atoms with Gasteiger partial charge in [-0.1, -0.05) is 18.2 Å². The van der Waals surface area contributed by atoms with Crippen molar-refractivity contribution in [3.63, 3.8) is 0 Å². The molecule has 0 fully saturated rings. The van der Waals surface area contributed by atoms with Crippen molar-refractivity contribution in [2.24, 2.45) is 0 Å². The van der Waals surface area contributed by atoms with Crippen molar-refractivity contribution in [2.75, 3.05) is 11.4 Å². The SMILES string of the molecule is O=C(Oc1ccccc1)N1CCc2cc(O)ccc21. The fraction of sp³-hybridized carbons (Fsp3) is 0.133. The lowest BCUT2D eigenvalue weighted by atomic mass is 10.1. The topological polar surface area (TPSA) is 49.8 Å². The van der Waals surface area contributed by atoms with Gasteiger partial charge in [0, 0.05) is 6.54 Å².